The maximum absolute atomic E-state index is 12.5. The SMILES string of the molecule is C[C@@H](NCC(=O)N(C)C1(C#N)CCCCC1)c1ccccc1. The average Bonchev–Trinajstić information content (AvgIpc) is 2.60. The van der Waals surface area contributed by atoms with Crippen molar-refractivity contribution in [2.45, 2.75) is 50.6 Å². The molecule has 0 radical (unpaired) electrons. The van der Waals surface area contributed by atoms with Gasteiger partial charge in [-0.1, -0.05) is 49.6 Å². The van der Waals surface area contributed by atoms with Crippen molar-refractivity contribution in [1.82, 2.24) is 10.2 Å². The fraction of sp³-hybridized carbons (Fsp3) is 0.556. The lowest BCUT2D eigenvalue weighted by atomic mass is 9.81. The van der Waals surface area contributed by atoms with Gasteiger partial charge in [0.25, 0.3) is 0 Å². The molecule has 1 N–H and O–H groups in total. The Morgan fingerprint density at radius 3 is 2.55 bits per heavy atom. The van der Waals surface area contributed by atoms with Crippen LogP contribution in [0.4, 0.5) is 0 Å². The van der Waals surface area contributed by atoms with Crippen LogP contribution in [0.5, 0.6) is 0 Å². The van der Waals surface area contributed by atoms with E-state index in [1.54, 1.807) is 11.9 Å². The van der Waals surface area contributed by atoms with Crippen LogP contribution in [0.2, 0.25) is 0 Å². The summed E-state index contributed by atoms with van der Waals surface area (Å²) in [6.45, 7) is 2.30. The molecule has 118 valence electrons. The Morgan fingerprint density at radius 1 is 1.32 bits per heavy atom. The number of carbonyl (C=O) groups is 1. The molecular formula is C18H25N3O. The molecule has 0 unspecified atom stereocenters. The summed E-state index contributed by atoms with van der Waals surface area (Å²) < 4.78 is 0. The zero-order chi connectivity index (χ0) is 16.0. The third kappa shape index (κ3) is 3.66. The molecule has 1 aliphatic rings. The second-order valence-corrected chi connectivity index (χ2v) is 6.17. The molecule has 4 nitrogen and oxygen atoms in total. The van der Waals surface area contributed by atoms with E-state index in [0.717, 1.165) is 37.7 Å². The van der Waals surface area contributed by atoms with Crippen LogP contribution in [-0.4, -0.2) is 29.9 Å². The number of benzene rings is 1. The molecule has 1 atom stereocenters. The third-order valence-electron chi connectivity index (χ3n) is 4.76. The van der Waals surface area contributed by atoms with Gasteiger partial charge in [-0.15, -0.1) is 0 Å². The Balaban J connectivity index is 1.92. The zero-order valence-corrected chi connectivity index (χ0v) is 13.5. The van der Waals surface area contributed by atoms with Crippen molar-refractivity contribution in [3.63, 3.8) is 0 Å². The van der Waals surface area contributed by atoms with Crippen LogP contribution in [0.3, 0.4) is 0 Å². The number of hydrogen-bond acceptors (Lipinski definition) is 3. The zero-order valence-electron chi connectivity index (χ0n) is 13.5. The Hall–Kier alpha value is -1.86. The van der Waals surface area contributed by atoms with Crippen molar-refractivity contribution in [2.75, 3.05) is 13.6 Å². The molecule has 1 fully saturated rings. The molecule has 4 heteroatoms. The van der Waals surface area contributed by atoms with E-state index in [-0.39, 0.29) is 18.5 Å². The van der Waals surface area contributed by atoms with Crippen LogP contribution in [-0.2, 0) is 4.79 Å². The standard InChI is InChI=1S/C18H25N3O/c1-15(16-9-5-3-6-10-16)20-13-17(22)21(2)18(14-19)11-7-4-8-12-18/h3,5-6,9-10,15,20H,4,7-8,11-13H2,1-2H3/t15-/m1/s1. The number of carbonyl (C=O) groups excluding carboxylic acids is 1. The molecule has 1 amide bonds. The van der Waals surface area contributed by atoms with Crippen molar-refractivity contribution in [2.24, 2.45) is 0 Å². The molecule has 0 heterocycles. The van der Waals surface area contributed by atoms with Crippen LogP contribution in [0.15, 0.2) is 30.3 Å². The smallest absolute Gasteiger partial charge is 0.237 e. The Morgan fingerprint density at radius 2 is 1.95 bits per heavy atom. The maximum atomic E-state index is 12.5. The predicted molar refractivity (Wildman–Crippen MR) is 87.1 cm³/mol. The first-order valence-electron chi connectivity index (χ1n) is 8.05. The van der Waals surface area contributed by atoms with Gasteiger partial charge in [0.05, 0.1) is 12.6 Å². The Kier molecular flexibility index (Phi) is 5.57. The summed E-state index contributed by atoms with van der Waals surface area (Å²) in [5.74, 6) is -0.00812. The fourth-order valence-electron chi connectivity index (χ4n) is 3.12. The fourth-order valence-corrected chi connectivity index (χ4v) is 3.12. The molecule has 0 aromatic heterocycles. The van der Waals surface area contributed by atoms with Crippen LogP contribution in [0, 0.1) is 11.3 Å². The molecule has 0 aliphatic heterocycles. The van der Waals surface area contributed by atoms with Crippen molar-refractivity contribution in [1.29, 1.82) is 5.26 Å². The molecule has 0 spiro atoms. The van der Waals surface area contributed by atoms with Crippen molar-refractivity contribution >= 4 is 5.91 Å². The largest absolute Gasteiger partial charge is 0.326 e. The highest BCUT2D eigenvalue weighted by Gasteiger charge is 2.38. The number of nitrogens with one attached hydrogen (secondary N) is 1. The second kappa shape index (κ2) is 7.42. The molecular weight excluding hydrogens is 274 g/mol. The quantitative estimate of drug-likeness (QED) is 0.909. The summed E-state index contributed by atoms with van der Waals surface area (Å²) in [7, 11) is 1.77. The highest BCUT2D eigenvalue weighted by molar-refractivity contribution is 5.79. The van der Waals surface area contributed by atoms with Gasteiger partial charge >= 0.3 is 0 Å². The van der Waals surface area contributed by atoms with Gasteiger partial charge in [0.2, 0.25) is 5.91 Å². The molecule has 0 bridgehead atoms. The van der Waals surface area contributed by atoms with E-state index in [4.69, 9.17) is 0 Å². The first kappa shape index (κ1) is 16.5. The second-order valence-electron chi connectivity index (χ2n) is 6.17. The normalized spacial score (nSPS) is 18.2. The maximum Gasteiger partial charge on any atom is 0.237 e. The number of nitriles is 1. The van der Waals surface area contributed by atoms with Crippen LogP contribution < -0.4 is 5.32 Å². The van der Waals surface area contributed by atoms with E-state index in [0.29, 0.717) is 0 Å². The van der Waals surface area contributed by atoms with E-state index < -0.39 is 5.54 Å². The molecule has 1 aromatic carbocycles. The number of hydrogen-bond donors (Lipinski definition) is 1. The van der Waals surface area contributed by atoms with Gasteiger partial charge in [-0.2, -0.15) is 5.26 Å². The summed E-state index contributed by atoms with van der Waals surface area (Å²) >= 11 is 0. The summed E-state index contributed by atoms with van der Waals surface area (Å²) in [6, 6.07) is 12.6. The van der Waals surface area contributed by atoms with Gasteiger partial charge < -0.3 is 10.2 Å². The minimum Gasteiger partial charge on any atom is -0.326 e. The monoisotopic (exact) mass is 299 g/mol. The van der Waals surface area contributed by atoms with E-state index in [2.05, 4.69) is 11.4 Å². The highest BCUT2D eigenvalue weighted by atomic mass is 16.2. The van der Waals surface area contributed by atoms with Crippen molar-refractivity contribution in [3.05, 3.63) is 35.9 Å². The number of amides is 1. The lowest BCUT2D eigenvalue weighted by Gasteiger charge is -2.39. The van der Waals surface area contributed by atoms with Gasteiger partial charge in [-0.25, -0.2) is 0 Å². The van der Waals surface area contributed by atoms with Crippen molar-refractivity contribution in [3.8, 4) is 6.07 Å². The molecule has 1 aromatic rings. The molecule has 0 saturated heterocycles. The summed E-state index contributed by atoms with van der Waals surface area (Å²) in [5.41, 5.74) is 0.554. The summed E-state index contributed by atoms with van der Waals surface area (Å²) in [6.07, 6.45) is 4.80. The lowest BCUT2D eigenvalue weighted by molar-refractivity contribution is -0.134. The van der Waals surface area contributed by atoms with Gasteiger partial charge in [-0.3, -0.25) is 4.79 Å². The summed E-state index contributed by atoms with van der Waals surface area (Å²) in [4.78, 5) is 14.1. The number of rotatable bonds is 5. The third-order valence-corrected chi connectivity index (χ3v) is 4.76. The van der Waals surface area contributed by atoms with Gasteiger partial charge in [0.15, 0.2) is 0 Å². The van der Waals surface area contributed by atoms with Gasteiger partial charge in [-0.05, 0) is 25.3 Å². The Labute approximate surface area is 133 Å². The van der Waals surface area contributed by atoms with E-state index in [1.807, 2.05) is 37.3 Å². The molecule has 1 saturated carbocycles. The molecule has 22 heavy (non-hydrogen) atoms. The lowest BCUT2D eigenvalue weighted by Crippen LogP contribution is -2.52. The van der Waals surface area contributed by atoms with E-state index in [9.17, 15) is 10.1 Å². The summed E-state index contributed by atoms with van der Waals surface area (Å²) in [5, 5.41) is 12.8. The van der Waals surface area contributed by atoms with E-state index >= 15 is 0 Å². The first-order chi connectivity index (χ1) is 10.6. The molecule has 1 aliphatic carbocycles. The topological polar surface area (TPSA) is 56.1 Å². The van der Waals surface area contributed by atoms with Crippen LogP contribution in [0.1, 0.15) is 50.6 Å². The van der Waals surface area contributed by atoms with E-state index in [1.165, 1.54) is 0 Å². The average molecular weight is 299 g/mol. The first-order valence-corrected chi connectivity index (χ1v) is 8.05. The van der Waals surface area contributed by atoms with Crippen LogP contribution >= 0.6 is 0 Å². The number of likely N-dealkylation sites (N-methyl/N-ethyl adjacent to an activating group) is 1. The van der Waals surface area contributed by atoms with Gasteiger partial charge in [0, 0.05) is 13.1 Å². The van der Waals surface area contributed by atoms with Crippen LogP contribution in [0.25, 0.3) is 0 Å². The van der Waals surface area contributed by atoms with Crippen molar-refractivity contribution < 1.29 is 4.79 Å². The molecule has 2 rings (SSSR count). The Bertz CT molecular complexity index is 529. The van der Waals surface area contributed by atoms with Gasteiger partial charge in [0.1, 0.15) is 5.54 Å². The predicted octanol–water partition coefficient (Wildman–Crippen LogP) is 3.02. The minimum absolute atomic E-state index is 0.00812. The number of nitrogens with zero attached hydrogens (tertiary/aromatic N) is 2. The highest BCUT2D eigenvalue weighted by Crippen LogP contribution is 2.32. The minimum atomic E-state index is -0.604.